The van der Waals surface area contributed by atoms with Crippen LogP contribution >= 0.6 is 0 Å². The third kappa shape index (κ3) is 4.29. The number of ether oxygens (including phenoxy) is 2. The number of fused-ring (bicyclic) bond motifs is 1. The third-order valence-electron chi connectivity index (χ3n) is 5.49. The Bertz CT molecular complexity index is 1150. The number of carbonyl (C=O) groups excluding carboxylic acids is 1. The first-order valence-corrected chi connectivity index (χ1v) is 10.5. The molecule has 1 atom stereocenters. The SMILES string of the molecule is [C-]#[N+]CCCC(=O)C1=C(C)Nc2c(C)cnc(OCC)c2[C@@H]1c1ccc(C#N)cc1OC. The van der Waals surface area contributed by atoms with E-state index in [4.69, 9.17) is 16.0 Å². The van der Waals surface area contributed by atoms with Gasteiger partial charge in [0, 0.05) is 35.9 Å². The van der Waals surface area contributed by atoms with Gasteiger partial charge in [-0.25, -0.2) is 11.6 Å². The maximum absolute atomic E-state index is 13.4. The molecule has 7 nitrogen and oxygen atoms in total. The molecule has 0 spiro atoms. The van der Waals surface area contributed by atoms with Crippen molar-refractivity contribution in [1.29, 1.82) is 5.26 Å². The molecule has 164 valence electrons. The fourth-order valence-electron chi connectivity index (χ4n) is 4.06. The van der Waals surface area contributed by atoms with Crippen molar-refractivity contribution in [3.8, 4) is 17.7 Å². The van der Waals surface area contributed by atoms with Gasteiger partial charge >= 0.3 is 0 Å². The maximum Gasteiger partial charge on any atom is 0.219 e. The predicted octanol–water partition coefficient (Wildman–Crippen LogP) is 4.77. The van der Waals surface area contributed by atoms with Gasteiger partial charge < -0.3 is 19.6 Å². The summed E-state index contributed by atoms with van der Waals surface area (Å²) in [6, 6.07) is 7.36. The minimum Gasteiger partial charge on any atom is -0.496 e. The molecule has 32 heavy (non-hydrogen) atoms. The van der Waals surface area contributed by atoms with Gasteiger partial charge in [0.2, 0.25) is 12.4 Å². The standard InChI is InChI=1S/C25H26N4O3/c1-6-32-25-23-22(18-10-9-17(13-26)12-20(18)31-5)21(19(30)8-7-11-27-4)16(3)29-24(23)15(2)14-28-25/h9-10,12,14,22,29H,6-8,11H2,1-3,5H3/t22-/m1/s1. The smallest absolute Gasteiger partial charge is 0.219 e. The molecule has 3 rings (SSSR count). The Labute approximate surface area is 188 Å². The van der Waals surface area contributed by atoms with Gasteiger partial charge in [-0.3, -0.25) is 4.79 Å². The van der Waals surface area contributed by atoms with Crippen LogP contribution in [0.2, 0.25) is 0 Å². The van der Waals surface area contributed by atoms with Crippen LogP contribution in [0.3, 0.4) is 0 Å². The van der Waals surface area contributed by atoms with Gasteiger partial charge in [0.1, 0.15) is 5.75 Å². The number of rotatable bonds is 8. The summed E-state index contributed by atoms with van der Waals surface area (Å²) in [4.78, 5) is 21.3. The highest BCUT2D eigenvalue weighted by molar-refractivity contribution is 6.00. The van der Waals surface area contributed by atoms with Crippen LogP contribution in [0.1, 0.15) is 54.9 Å². The highest BCUT2D eigenvalue weighted by atomic mass is 16.5. The highest BCUT2D eigenvalue weighted by Crippen LogP contribution is 2.49. The van der Waals surface area contributed by atoms with E-state index in [2.05, 4.69) is 21.2 Å². The van der Waals surface area contributed by atoms with Crippen molar-refractivity contribution in [2.24, 2.45) is 0 Å². The molecule has 1 N–H and O–H groups in total. The fraction of sp³-hybridized carbons (Fsp3) is 0.360. The maximum atomic E-state index is 13.4. The van der Waals surface area contributed by atoms with E-state index < -0.39 is 5.92 Å². The summed E-state index contributed by atoms with van der Waals surface area (Å²) in [6.45, 7) is 13.5. The zero-order valence-electron chi connectivity index (χ0n) is 18.8. The number of nitriles is 1. The van der Waals surface area contributed by atoms with Crippen molar-refractivity contribution < 1.29 is 14.3 Å². The number of aryl methyl sites for hydroxylation is 1. The van der Waals surface area contributed by atoms with Crippen molar-refractivity contribution >= 4 is 11.5 Å². The van der Waals surface area contributed by atoms with E-state index in [0.29, 0.717) is 42.3 Å². The van der Waals surface area contributed by atoms with E-state index in [-0.39, 0.29) is 12.2 Å². The first-order valence-electron chi connectivity index (χ1n) is 10.5. The zero-order chi connectivity index (χ0) is 23.3. The monoisotopic (exact) mass is 430 g/mol. The van der Waals surface area contributed by atoms with Crippen molar-refractivity contribution in [2.45, 2.75) is 39.5 Å². The molecule has 0 aliphatic carbocycles. The normalized spacial score (nSPS) is 14.6. The Morgan fingerprint density at radius 3 is 2.81 bits per heavy atom. The van der Waals surface area contributed by atoms with Gasteiger partial charge in [-0.15, -0.1) is 0 Å². The first kappa shape index (κ1) is 22.8. The number of allylic oxidation sites excluding steroid dienone is 2. The zero-order valence-corrected chi connectivity index (χ0v) is 18.8. The second-order valence-electron chi connectivity index (χ2n) is 7.54. The van der Waals surface area contributed by atoms with Gasteiger partial charge in [0.25, 0.3) is 0 Å². The van der Waals surface area contributed by atoms with Gasteiger partial charge in [0.15, 0.2) is 5.78 Å². The molecular formula is C25H26N4O3. The number of Topliss-reactive ketones (excluding diaryl/α,β-unsaturated/α-hetero) is 1. The summed E-state index contributed by atoms with van der Waals surface area (Å²) in [6.07, 6.45) is 2.51. The van der Waals surface area contributed by atoms with Crippen LogP contribution in [-0.4, -0.2) is 31.0 Å². The molecule has 2 heterocycles. The van der Waals surface area contributed by atoms with E-state index in [1.165, 1.54) is 0 Å². The largest absolute Gasteiger partial charge is 0.496 e. The Balaban J connectivity index is 2.28. The van der Waals surface area contributed by atoms with E-state index in [1.54, 1.807) is 25.4 Å². The lowest BCUT2D eigenvalue weighted by atomic mass is 9.77. The van der Waals surface area contributed by atoms with Crippen LogP contribution in [0.15, 0.2) is 35.7 Å². The summed E-state index contributed by atoms with van der Waals surface area (Å²) in [7, 11) is 1.55. The van der Waals surface area contributed by atoms with Crippen LogP contribution < -0.4 is 14.8 Å². The molecule has 0 amide bonds. The van der Waals surface area contributed by atoms with Gasteiger partial charge in [-0.05, 0) is 38.5 Å². The Morgan fingerprint density at radius 1 is 1.38 bits per heavy atom. The molecule has 1 aromatic carbocycles. The second-order valence-corrected chi connectivity index (χ2v) is 7.54. The number of nitrogens with one attached hydrogen (secondary N) is 1. The van der Waals surface area contributed by atoms with Crippen molar-refractivity contribution in [3.05, 3.63) is 69.3 Å². The third-order valence-corrected chi connectivity index (χ3v) is 5.49. The lowest BCUT2D eigenvalue weighted by molar-refractivity contribution is -0.115. The van der Waals surface area contributed by atoms with E-state index in [1.807, 2.05) is 26.8 Å². The average molecular weight is 431 g/mol. The van der Waals surface area contributed by atoms with E-state index in [9.17, 15) is 10.1 Å². The number of anilines is 1. The minimum absolute atomic E-state index is 0.0373. The number of hydrogen-bond acceptors (Lipinski definition) is 6. The van der Waals surface area contributed by atoms with Gasteiger partial charge in [-0.2, -0.15) is 5.26 Å². The lowest BCUT2D eigenvalue weighted by Gasteiger charge is -2.33. The van der Waals surface area contributed by atoms with E-state index in [0.717, 1.165) is 28.1 Å². The van der Waals surface area contributed by atoms with Crippen molar-refractivity contribution in [1.82, 2.24) is 4.98 Å². The molecule has 2 aromatic rings. The van der Waals surface area contributed by atoms with Crippen molar-refractivity contribution in [3.63, 3.8) is 0 Å². The van der Waals surface area contributed by atoms with Crippen molar-refractivity contribution in [2.75, 3.05) is 25.6 Å². The van der Waals surface area contributed by atoms with Crippen LogP contribution in [0.4, 0.5) is 5.69 Å². The number of nitrogens with zero attached hydrogens (tertiary/aromatic N) is 3. The van der Waals surface area contributed by atoms with E-state index >= 15 is 0 Å². The molecule has 7 heteroatoms. The number of pyridine rings is 1. The number of aromatic nitrogens is 1. The molecule has 0 saturated carbocycles. The van der Waals surface area contributed by atoms with Crippen LogP contribution in [-0.2, 0) is 4.79 Å². The Kier molecular flexibility index (Phi) is 7.12. The van der Waals surface area contributed by atoms with Crippen LogP contribution in [0.25, 0.3) is 4.85 Å². The average Bonchev–Trinajstić information content (AvgIpc) is 2.80. The molecule has 0 unspecified atom stereocenters. The second kappa shape index (κ2) is 9.98. The van der Waals surface area contributed by atoms with Crippen LogP contribution in [0, 0.1) is 24.8 Å². The summed E-state index contributed by atoms with van der Waals surface area (Å²) in [5.74, 6) is 0.453. The summed E-state index contributed by atoms with van der Waals surface area (Å²) < 4.78 is 11.5. The molecule has 0 radical (unpaired) electrons. The summed E-state index contributed by atoms with van der Waals surface area (Å²) in [5.41, 5.74) is 5.13. The Morgan fingerprint density at radius 2 is 2.16 bits per heavy atom. The van der Waals surface area contributed by atoms with Crippen LogP contribution in [0.5, 0.6) is 11.6 Å². The molecule has 1 aliphatic heterocycles. The number of benzene rings is 1. The molecular weight excluding hydrogens is 404 g/mol. The first-order chi connectivity index (χ1) is 15.5. The number of hydrogen-bond donors (Lipinski definition) is 1. The fourth-order valence-corrected chi connectivity index (χ4v) is 4.06. The quantitative estimate of drug-likeness (QED) is 0.479. The lowest BCUT2D eigenvalue weighted by Crippen LogP contribution is -2.25. The summed E-state index contributed by atoms with van der Waals surface area (Å²) in [5, 5.41) is 12.7. The molecule has 1 aliphatic rings. The van der Waals surface area contributed by atoms with Gasteiger partial charge in [0.05, 0.1) is 42.5 Å². The molecule has 0 bridgehead atoms. The van der Waals surface area contributed by atoms with Gasteiger partial charge in [-0.1, -0.05) is 6.07 Å². The minimum atomic E-state index is -0.483. The Hall–Kier alpha value is -3.84. The highest BCUT2D eigenvalue weighted by Gasteiger charge is 2.37. The summed E-state index contributed by atoms with van der Waals surface area (Å²) >= 11 is 0. The predicted molar refractivity (Wildman–Crippen MR) is 122 cm³/mol. The number of carbonyl (C=O) groups is 1. The molecule has 0 saturated heterocycles. The molecule has 1 aromatic heterocycles. The molecule has 0 fully saturated rings. The number of ketones is 1. The number of methoxy groups -OCH3 is 1. The topological polar surface area (TPSA) is 88.6 Å².